The highest BCUT2D eigenvalue weighted by atomic mass is 16.5. The van der Waals surface area contributed by atoms with Crippen LogP contribution in [0.4, 0.5) is 0 Å². The Morgan fingerprint density at radius 3 is 2.85 bits per heavy atom. The number of fused-ring (bicyclic) bond motifs is 1. The molecule has 7 heteroatoms. The number of aliphatic hydroxyl groups excluding tert-OH is 1. The largest absolute Gasteiger partial charge is 0.393 e. The number of hydrogen-bond donors (Lipinski definition) is 2. The molecule has 3 heterocycles. The minimum Gasteiger partial charge on any atom is -0.393 e. The molecule has 1 aromatic heterocycles. The summed E-state index contributed by atoms with van der Waals surface area (Å²) in [5.74, 6) is -0.00593. The molecule has 0 aromatic carbocycles. The van der Waals surface area contributed by atoms with Crippen LogP contribution in [0, 0.1) is 5.92 Å². The van der Waals surface area contributed by atoms with Gasteiger partial charge < -0.3 is 20.1 Å². The first-order valence-electron chi connectivity index (χ1n) is 9.43. The summed E-state index contributed by atoms with van der Waals surface area (Å²) in [4.78, 5) is 31.1. The molecular formula is C19H25N3O4. The topological polar surface area (TPSA) is 91.8 Å². The maximum absolute atomic E-state index is 12.6. The van der Waals surface area contributed by atoms with Crippen molar-refractivity contribution in [3.05, 3.63) is 30.1 Å². The predicted molar refractivity (Wildman–Crippen MR) is 92.8 cm³/mol. The van der Waals surface area contributed by atoms with Gasteiger partial charge in [0.2, 0.25) is 11.8 Å². The minimum atomic E-state index is -0.458. The Bertz CT molecular complexity index is 662. The summed E-state index contributed by atoms with van der Waals surface area (Å²) >= 11 is 0. The van der Waals surface area contributed by atoms with Crippen LogP contribution in [0.25, 0.3) is 0 Å². The van der Waals surface area contributed by atoms with E-state index in [4.69, 9.17) is 4.74 Å². The molecule has 2 saturated heterocycles. The van der Waals surface area contributed by atoms with Crippen LogP contribution in [0.1, 0.15) is 37.8 Å². The summed E-state index contributed by atoms with van der Waals surface area (Å²) in [5.41, 5.74) is 0.815. The molecule has 2 aliphatic heterocycles. The molecule has 0 radical (unpaired) electrons. The quantitative estimate of drug-likeness (QED) is 0.822. The smallest absolute Gasteiger partial charge is 0.249 e. The summed E-state index contributed by atoms with van der Waals surface area (Å²) in [5, 5.41) is 12.3. The fraction of sp³-hybridized carbons (Fsp3) is 0.632. The first-order chi connectivity index (χ1) is 12.6. The summed E-state index contributed by atoms with van der Waals surface area (Å²) in [6.45, 7) is 1.07. The molecule has 1 aliphatic carbocycles. The zero-order valence-corrected chi connectivity index (χ0v) is 14.7. The van der Waals surface area contributed by atoms with E-state index in [-0.39, 0.29) is 36.0 Å². The number of rotatable bonds is 4. The Labute approximate surface area is 152 Å². The standard InChI is InChI=1S/C19H25N3O4/c23-14-9-12(10-14)19(25)22-8-6-16-15(22)4-5-17(26-16)18(24)21-11-13-3-1-2-7-20-13/h1-3,7,12,14-17,23H,4-6,8-11H2,(H,21,24)/t12?,14?,15-,16-,17+/m1/s1. The van der Waals surface area contributed by atoms with Crippen LogP contribution < -0.4 is 5.32 Å². The van der Waals surface area contributed by atoms with Crippen molar-refractivity contribution in [3.63, 3.8) is 0 Å². The molecule has 140 valence electrons. The van der Waals surface area contributed by atoms with Gasteiger partial charge in [-0.1, -0.05) is 6.07 Å². The van der Waals surface area contributed by atoms with Crippen LogP contribution in [0.3, 0.4) is 0 Å². The number of nitrogens with one attached hydrogen (secondary N) is 1. The van der Waals surface area contributed by atoms with Gasteiger partial charge in [-0.25, -0.2) is 0 Å². The van der Waals surface area contributed by atoms with Gasteiger partial charge in [0.1, 0.15) is 6.10 Å². The number of nitrogens with zero attached hydrogens (tertiary/aromatic N) is 2. The van der Waals surface area contributed by atoms with E-state index in [9.17, 15) is 14.7 Å². The molecule has 3 fully saturated rings. The van der Waals surface area contributed by atoms with Gasteiger partial charge in [0, 0.05) is 18.7 Å². The molecule has 26 heavy (non-hydrogen) atoms. The lowest BCUT2D eigenvalue weighted by Crippen LogP contribution is -2.51. The Morgan fingerprint density at radius 2 is 2.12 bits per heavy atom. The van der Waals surface area contributed by atoms with E-state index < -0.39 is 6.10 Å². The van der Waals surface area contributed by atoms with E-state index in [1.165, 1.54) is 0 Å². The Hall–Kier alpha value is -1.99. The highest BCUT2D eigenvalue weighted by molar-refractivity contribution is 5.82. The predicted octanol–water partition coefficient (Wildman–Crippen LogP) is 0.617. The third-order valence-electron chi connectivity index (χ3n) is 5.76. The van der Waals surface area contributed by atoms with Gasteiger partial charge in [0.25, 0.3) is 0 Å². The van der Waals surface area contributed by atoms with E-state index in [1.807, 2.05) is 23.1 Å². The Kier molecular flexibility index (Phi) is 4.91. The van der Waals surface area contributed by atoms with E-state index >= 15 is 0 Å². The van der Waals surface area contributed by atoms with Gasteiger partial charge in [-0.2, -0.15) is 0 Å². The molecule has 3 atom stereocenters. The average Bonchev–Trinajstić information content (AvgIpc) is 3.07. The Balaban J connectivity index is 1.28. The second kappa shape index (κ2) is 7.32. The van der Waals surface area contributed by atoms with Gasteiger partial charge in [-0.3, -0.25) is 14.6 Å². The summed E-state index contributed by atoms with van der Waals surface area (Å²) in [7, 11) is 0. The van der Waals surface area contributed by atoms with Crippen molar-refractivity contribution in [1.29, 1.82) is 0 Å². The van der Waals surface area contributed by atoms with E-state index in [0.29, 0.717) is 32.4 Å². The second-order valence-electron chi connectivity index (χ2n) is 7.49. The van der Waals surface area contributed by atoms with Gasteiger partial charge in [0.05, 0.1) is 30.5 Å². The van der Waals surface area contributed by atoms with Gasteiger partial charge in [0.15, 0.2) is 0 Å². The number of ether oxygens (including phenoxy) is 1. The summed E-state index contributed by atoms with van der Waals surface area (Å²) in [6.07, 6.45) is 4.18. The number of aromatic nitrogens is 1. The lowest BCUT2D eigenvalue weighted by atomic mass is 9.81. The number of pyridine rings is 1. The van der Waals surface area contributed by atoms with Crippen molar-refractivity contribution < 1.29 is 19.4 Å². The van der Waals surface area contributed by atoms with Crippen LogP contribution in [0.2, 0.25) is 0 Å². The van der Waals surface area contributed by atoms with Gasteiger partial charge in [-0.15, -0.1) is 0 Å². The molecule has 7 nitrogen and oxygen atoms in total. The Morgan fingerprint density at radius 1 is 1.27 bits per heavy atom. The zero-order chi connectivity index (χ0) is 18.1. The monoisotopic (exact) mass is 359 g/mol. The van der Waals surface area contributed by atoms with Gasteiger partial charge in [-0.05, 0) is 44.2 Å². The minimum absolute atomic E-state index is 0.0388. The fourth-order valence-electron chi connectivity index (χ4n) is 4.21. The second-order valence-corrected chi connectivity index (χ2v) is 7.49. The van der Waals surface area contributed by atoms with Crippen molar-refractivity contribution >= 4 is 11.8 Å². The van der Waals surface area contributed by atoms with Gasteiger partial charge >= 0.3 is 0 Å². The van der Waals surface area contributed by atoms with Crippen molar-refractivity contribution in [1.82, 2.24) is 15.2 Å². The zero-order valence-electron chi connectivity index (χ0n) is 14.7. The van der Waals surface area contributed by atoms with Crippen LogP contribution in [-0.4, -0.2) is 57.7 Å². The van der Waals surface area contributed by atoms with E-state index in [1.54, 1.807) is 6.20 Å². The highest BCUT2D eigenvalue weighted by Crippen LogP contribution is 2.36. The lowest BCUT2D eigenvalue weighted by Gasteiger charge is -2.39. The van der Waals surface area contributed by atoms with Crippen LogP contribution in [0.15, 0.2) is 24.4 Å². The van der Waals surface area contributed by atoms with Crippen LogP contribution in [-0.2, 0) is 20.9 Å². The molecule has 2 amide bonds. The third-order valence-corrected chi connectivity index (χ3v) is 5.76. The maximum atomic E-state index is 12.6. The van der Waals surface area contributed by atoms with Crippen LogP contribution in [0.5, 0.6) is 0 Å². The first-order valence-corrected chi connectivity index (χ1v) is 9.43. The first kappa shape index (κ1) is 17.4. The third kappa shape index (κ3) is 3.46. The molecular weight excluding hydrogens is 334 g/mol. The normalized spacial score (nSPS) is 33.3. The molecule has 4 rings (SSSR count). The number of hydrogen-bond acceptors (Lipinski definition) is 5. The molecule has 0 unspecified atom stereocenters. The summed E-state index contributed by atoms with van der Waals surface area (Å²) in [6, 6.07) is 5.67. The molecule has 3 aliphatic rings. The SMILES string of the molecule is O=C(NCc1ccccn1)[C@@H]1CC[C@@H]2[C@@H](CCN2C(=O)C2CC(O)C2)O1. The molecule has 1 saturated carbocycles. The number of aliphatic hydroxyl groups is 1. The van der Waals surface area contributed by atoms with Crippen molar-refractivity contribution in [3.8, 4) is 0 Å². The number of likely N-dealkylation sites (tertiary alicyclic amines) is 1. The number of amides is 2. The molecule has 0 bridgehead atoms. The van der Waals surface area contributed by atoms with Crippen molar-refractivity contribution in [2.75, 3.05) is 6.54 Å². The van der Waals surface area contributed by atoms with Crippen molar-refractivity contribution in [2.24, 2.45) is 5.92 Å². The molecule has 0 spiro atoms. The number of carbonyl (C=O) groups is 2. The fourth-order valence-corrected chi connectivity index (χ4v) is 4.21. The maximum Gasteiger partial charge on any atom is 0.249 e. The van der Waals surface area contributed by atoms with Crippen molar-refractivity contribution in [2.45, 2.75) is 63.0 Å². The number of carbonyl (C=O) groups excluding carboxylic acids is 2. The lowest BCUT2D eigenvalue weighted by molar-refractivity contribution is -0.152. The highest BCUT2D eigenvalue weighted by Gasteiger charge is 2.46. The van der Waals surface area contributed by atoms with Crippen LogP contribution >= 0.6 is 0 Å². The molecule has 2 N–H and O–H groups in total. The average molecular weight is 359 g/mol. The summed E-state index contributed by atoms with van der Waals surface area (Å²) < 4.78 is 6.02. The van der Waals surface area contributed by atoms with E-state index in [2.05, 4.69) is 10.3 Å². The van der Waals surface area contributed by atoms with E-state index in [0.717, 1.165) is 18.5 Å². The molecule has 1 aromatic rings.